The van der Waals surface area contributed by atoms with E-state index in [0.717, 1.165) is 28.9 Å². The summed E-state index contributed by atoms with van der Waals surface area (Å²) in [5.41, 5.74) is 4.52. The Balaban J connectivity index is 1.43. The van der Waals surface area contributed by atoms with Crippen molar-refractivity contribution in [2.45, 2.75) is 37.4 Å². The van der Waals surface area contributed by atoms with Crippen molar-refractivity contribution < 1.29 is 14.3 Å². The maximum absolute atomic E-state index is 14.6. The molecule has 2 amide bonds. The Kier molecular flexibility index (Phi) is 5.10. The molecule has 2 aromatic heterocycles. The van der Waals surface area contributed by atoms with E-state index in [9.17, 15) is 9.59 Å². The maximum Gasteiger partial charge on any atom is 0.273 e. The highest BCUT2D eigenvalue weighted by Crippen LogP contribution is 2.57. The summed E-state index contributed by atoms with van der Waals surface area (Å²) in [5, 5.41) is 10.4. The molecule has 1 spiro atoms. The first-order valence-electron chi connectivity index (χ1n) is 12.4. The highest BCUT2D eigenvalue weighted by atomic mass is 32.1. The predicted octanol–water partition coefficient (Wildman–Crippen LogP) is 3.59. The van der Waals surface area contributed by atoms with Gasteiger partial charge in [-0.05, 0) is 35.7 Å². The molecule has 5 heterocycles. The van der Waals surface area contributed by atoms with Gasteiger partial charge in [0.05, 0.1) is 30.9 Å². The number of carbonyl (C=O) groups is 2. The Bertz CT molecular complexity index is 1500. The number of thiazole rings is 1. The highest BCUT2D eigenvalue weighted by molar-refractivity contribution is 7.07. The minimum Gasteiger partial charge on any atom is -0.494 e. The monoisotopic (exact) mass is 512 g/mol. The molecule has 4 aromatic rings. The van der Waals surface area contributed by atoms with Gasteiger partial charge in [0.1, 0.15) is 22.6 Å². The molecule has 37 heavy (non-hydrogen) atoms. The zero-order valence-corrected chi connectivity index (χ0v) is 20.8. The summed E-state index contributed by atoms with van der Waals surface area (Å²) in [6.07, 6.45) is 3.17. The molecule has 0 N–H and O–H groups in total. The normalized spacial score (nSPS) is 22.6. The Morgan fingerprint density at radius 2 is 2.05 bits per heavy atom. The lowest BCUT2D eigenvalue weighted by Crippen LogP contribution is -2.45. The lowest BCUT2D eigenvalue weighted by molar-refractivity contribution is -0.124. The van der Waals surface area contributed by atoms with E-state index in [2.05, 4.69) is 15.3 Å². The Labute approximate surface area is 217 Å². The van der Waals surface area contributed by atoms with Crippen molar-refractivity contribution in [1.29, 1.82) is 0 Å². The van der Waals surface area contributed by atoms with E-state index in [1.165, 1.54) is 11.3 Å². The van der Waals surface area contributed by atoms with Gasteiger partial charge in [-0.3, -0.25) is 14.3 Å². The second-order valence-corrected chi connectivity index (χ2v) is 10.4. The van der Waals surface area contributed by atoms with E-state index in [4.69, 9.17) is 4.74 Å². The van der Waals surface area contributed by atoms with Crippen LogP contribution >= 0.6 is 11.3 Å². The Morgan fingerprint density at radius 1 is 1.14 bits per heavy atom. The van der Waals surface area contributed by atoms with Gasteiger partial charge < -0.3 is 14.5 Å². The summed E-state index contributed by atoms with van der Waals surface area (Å²) in [6, 6.07) is 15.2. The third kappa shape index (κ3) is 3.39. The van der Waals surface area contributed by atoms with Crippen molar-refractivity contribution in [1.82, 2.24) is 24.9 Å². The van der Waals surface area contributed by atoms with Gasteiger partial charge in [0.15, 0.2) is 0 Å². The largest absolute Gasteiger partial charge is 0.494 e. The van der Waals surface area contributed by atoms with Crippen LogP contribution in [0.15, 0.2) is 65.6 Å². The van der Waals surface area contributed by atoms with Crippen molar-refractivity contribution in [3.63, 3.8) is 0 Å². The van der Waals surface area contributed by atoms with Crippen LogP contribution < -0.4 is 9.64 Å². The molecule has 7 rings (SSSR count). The maximum atomic E-state index is 14.6. The molecule has 2 atom stereocenters. The van der Waals surface area contributed by atoms with Crippen LogP contribution in [0, 0.1) is 0 Å². The molecular formula is C27H24N6O3S. The molecule has 3 aliphatic rings. The smallest absolute Gasteiger partial charge is 0.273 e. The van der Waals surface area contributed by atoms with E-state index in [1.54, 1.807) is 15.6 Å². The third-order valence-corrected chi connectivity index (χ3v) is 8.21. The molecule has 9 nitrogen and oxygen atoms in total. The standard InChI is InChI=1S/C27H24N6O3S/c34-25(22-16-37-17-28-22)32-11-9-27-21-7-1-2-8-23(21)33(26(27)35)15-19-14-31(30-29-19)10-4-12-36-20-6-3-5-18(13-20)24(27)32/h1-3,5-8,13-14,16-17,24H,4,9-12,15H2/t24-,27+/m0/s1. The van der Waals surface area contributed by atoms with Crippen LogP contribution in [-0.4, -0.2) is 49.8 Å². The van der Waals surface area contributed by atoms with E-state index in [1.807, 2.05) is 64.5 Å². The van der Waals surface area contributed by atoms with Crippen LogP contribution in [0.25, 0.3) is 0 Å². The van der Waals surface area contributed by atoms with Crippen LogP contribution in [0.3, 0.4) is 0 Å². The number of aromatic nitrogens is 4. The van der Waals surface area contributed by atoms with Crippen LogP contribution in [0.4, 0.5) is 5.69 Å². The first kappa shape index (κ1) is 22.2. The Morgan fingerprint density at radius 3 is 2.95 bits per heavy atom. The second kappa shape index (κ2) is 8.52. The molecule has 10 heteroatoms. The number of hydrogen-bond donors (Lipinski definition) is 0. The first-order chi connectivity index (χ1) is 18.1. The van der Waals surface area contributed by atoms with Crippen molar-refractivity contribution in [3.8, 4) is 5.75 Å². The minimum absolute atomic E-state index is 0.0250. The van der Waals surface area contributed by atoms with E-state index in [0.29, 0.717) is 44.1 Å². The lowest BCUT2D eigenvalue weighted by atomic mass is 9.72. The molecule has 3 aliphatic heterocycles. The fourth-order valence-corrected chi connectivity index (χ4v) is 6.59. The number of ether oxygens (including phenoxy) is 1. The zero-order valence-electron chi connectivity index (χ0n) is 20.0. The molecule has 0 saturated carbocycles. The summed E-state index contributed by atoms with van der Waals surface area (Å²) in [5.74, 6) is 0.521. The topological polar surface area (TPSA) is 93.5 Å². The average molecular weight is 513 g/mol. The second-order valence-electron chi connectivity index (χ2n) is 9.65. The van der Waals surface area contributed by atoms with E-state index < -0.39 is 11.5 Å². The molecule has 0 aliphatic carbocycles. The number of likely N-dealkylation sites (tertiary alicyclic amines) is 1. The number of benzene rings is 2. The Hall–Kier alpha value is -4.05. The van der Waals surface area contributed by atoms with Gasteiger partial charge in [-0.25, -0.2) is 4.98 Å². The SMILES string of the molecule is O=C(c1cscn1)N1CC[C@]23C(=O)N(Cc4cn(nn4)CCCOc4cccc(c4)[C@H]12)c1ccccc13. The number of rotatable bonds is 1. The molecular weight excluding hydrogens is 488 g/mol. The summed E-state index contributed by atoms with van der Waals surface area (Å²) < 4.78 is 7.88. The molecule has 2 aromatic carbocycles. The number of nitrogens with zero attached hydrogens (tertiary/aromatic N) is 6. The van der Waals surface area contributed by atoms with Gasteiger partial charge >= 0.3 is 0 Å². The molecule has 186 valence electrons. The number of hydrogen-bond acceptors (Lipinski definition) is 7. The highest BCUT2D eigenvalue weighted by Gasteiger charge is 2.61. The van der Waals surface area contributed by atoms with Crippen LogP contribution in [-0.2, 0) is 23.3 Å². The quantitative estimate of drug-likeness (QED) is 0.387. The fraction of sp³-hybridized carbons (Fsp3) is 0.296. The van der Waals surface area contributed by atoms with Gasteiger partial charge in [-0.2, -0.15) is 0 Å². The van der Waals surface area contributed by atoms with Gasteiger partial charge in [0.25, 0.3) is 5.91 Å². The summed E-state index contributed by atoms with van der Waals surface area (Å²) >= 11 is 1.39. The van der Waals surface area contributed by atoms with Gasteiger partial charge in [0.2, 0.25) is 5.91 Å². The third-order valence-electron chi connectivity index (χ3n) is 7.62. The molecule has 6 bridgehead atoms. The van der Waals surface area contributed by atoms with Crippen LogP contribution in [0.5, 0.6) is 5.75 Å². The number of carbonyl (C=O) groups excluding carboxylic acids is 2. The number of anilines is 1. The molecule has 1 fully saturated rings. The van der Waals surface area contributed by atoms with Crippen LogP contribution in [0.1, 0.15) is 46.2 Å². The summed E-state index contributed by atoms with van der Waals surface area (Å²) in [7, 11) is 0. The van der Waals surface area contributed by atoms with Crippen molar-refractivity contribution in [3.05, 3.63) is 88.1 Å². The number of aryl methyl sites for hydroxylation is 1. The van der Waals surface area contributed by atoms with Crippen molar-refractivity contribution >= 4 is 28.8 Å². The van der Waals surface area contributed by atoms with Crippen LogP contribution in [0.2, 0.25) is 0 Å². The first-order valence-corrected chi connectivity index (χ1v) is 13.3. The zero-order chi connectivity index (χ0) is 25.0. The van der Waals surface area contributed by atoms with Gasteiger partial charge in [-0.15, -0.1) is 16.4 Å². The lowest BCUT2D eigenvalue weighted by Gasteiger charge is -2.35. The number of amides is 2. The molecule has 0 radical (unpaired) electrons. The average Bonchev–Trinajstić information content (AvgIpc) is 3.72. The number of fused-ring (bicyclic) bond motifs is 8. The fourth-order valence-electron chi connectivity index (χ4n) is 6.06. The molecule has 0 unspecified atom stereocenters. The predicted molar refractivity (Wildman–Crippen MR) is 136 cm³/mol. The summed E-state index contributed by atoms with van der Waals surface area (Å²) in [4.78, 5) is 36.2. The van der Waals surface area contributed by atoms with Crippen molar-refractivity contribution in [2.75, 3.05) is 18.1 Å². The van der Waals surface area contributed by atoms with Crippen molar-refractivity contribution in [2.24, 2.45) is 0 Å². The van der Waals surface area contributed by atoms with E-state index >= 15 is 0 Å². The number of para-hydroxylation sites is 1. The summed E-state index contributed by atoms with van der Waals surface area (Å²) in [6.45, 7) is 1.95. The minimum atomic E-state index is -0.933. The van der Waals surface area contributed by atoms with Gasteiger partial charge in [0, 0.05) is 30.6 Å². The van der Waals surface area contributed by atoms with Gasteiger partial charge in [-0.1, -0.05) is 35.5 Å². The molecule has 1 saturated heterocycles. The van der Waals surface area contributed by atoms with E-state index in [-0.39, 0.29) is 11.8 Å².